The van der Waals surface area contributed by atoms with Crippen LogP contribution in [0.3, 0.4) is 0 Å². The minimum absolute atomic E-state index is 0.0692. The van der Waals surface area contributed by atoms with Gasteiger partial charge < -0.3 is 10.4 Å². The first-order valence-electron chi connectivity index (χ1n) is 5.33. The van der Waals surface area contributed by atoms with Gasteiger partial charge >= 0.3 is 5.97 Å². The predicted octanol–water partition coefficient (Wildman–Crippen LogP) is 0.498. The number of rotatable bonds is 3. The highest BCUT2D eigenvalue weighted by molar-refractivity contribution is 7.85. The van der Waals surface area contributed by atoms with E-state index in [1.807, 2.05) is 0 Å². The molecule has 1 aliphatic rings. The summed E-state index contributed by atoms with van der Waals surface area (Å²) in [7, 11) is -0.682. The zero-order valence-corrected chi connectivity index (χ0v) is 9.94. The average molecular weight is 255 g/mol. The first kappa shape index (κ1) is 12.0. The highest BCUT2D eigenvalue weighted by Gasteiger charge is 2.18. The Bertz CT molecular complexity index is 425. The lowest BCUT2D eigenvalue weighted by Gasteiger charge is -2.22. The van der Waals surface area contributed by atoms with Gasteiger partial charge in [-0.1, -0.05) is 0 Å². The van der Waals surface area contributed by atoms with Gasteiger partial charge in [0.15, 0.2) is 5.69 Å². The minimum Gasteiger partial charge on any atom is -0.476 e. The molecule has 1 aromatic heterocycles. The normalized spacial score (nSPS) is 24.2. The van der Waals surface area contributed by atoms with Gasteiger partial charge in [0.05, 0.1) is 0 Å². The maximum atomic E-state index is 11.2. The summed E-state index contributed by atoms with van der Waals surface area (Å²) in [6, 6.07) is 3.26. The summed E-state index contributed by atoms with van der Waals surface area (Å²) in [5.41, 5.74) is -0.0692. The zero-order chi connectivity index (χ0) is 12.3. The van der Waals surface area contributed by atoms with E-state index in [4.69, 9.17) is 5.11 Å². The third kappa shape index (κ3) is 3.23. The summed E-state index contributed by atoms with van der Waals surface area (Å²) < 4.78 is 11.2. The van der Waals surface area contributed by atoms with Crippen molar-refractivity contribution in [3.05, 3.63) is 17.8 Å². The molecule has 2 N–H and O–H groups in total. The molecule has 0 radical (unpaired) electrons. The average Bonchev–Trinajstić information content (AvgIpc) is 2.33. The molecule has 92 valence electrons. The largest absolute Gasteiger partial charge is 0.476 e. The van der Waals surface area contributed by atoms with Crippen molar-refractivity contribution < 1.29 is 14.1 Å². The molecule has 2 rings (SSSR count). The topological polar surface area (TPSA) is 92.2 Å². The quantitative estimate of drug-likeness (QED) is 0.817. The molecule has 1 aliphatic heterocycles. The van der Waals surface area contributed by atoms with Gasteiger partial charge in [-0.15, -0.1) is 10.2 Å². The summed E-state index contributed by atoms with van der Waals surface area (Å²) in [5, 5.41) is 19.2. The molecule has 2 heterocycles. The molecular weight excluding hydrogens is 242 g/mol. The van der Waals surface area contributed by atoms with Crippen LogP contribution in [0, 0.1) is 0 Å². The summed E-state index contributed by atoms with van der Waals surface area (Å²) in [4.78, 5) is 10.6. The Labute approximate surface area is 101 Å². The Morgan fingerprint density at radius 3 is 2.59 bits per heavy atom. The van der Waals surface area contributed by atoms with E-state index in [-0.39, 0.29) is 11.7 Å². The molecular formula is C10H13N3O3S. The summed E-state index contributed by atoms with van der Waals surface area (Å²) in [6.45, 7) is 0. The Kier molecular flexibility index (Phi) is 3.68. The van der Waals surface area contributed by atoms with Gasteiger partial charge in [0.25, 0.3) is 0 Å². The molecule has 1 fully saturated rings. The lowest BCUT2D eigenvalue weighted by atomic mass is 10.1. The van der Waals surface area contributed by atoms with Gasteiger partial charge in [-0.25, -0.2) is 4.79 Å². The van der Waals surface area contributed by atoms with Crippen LogP contribution in [-0.4, -0.2) is 43.0 Å². The number of carbonyl (C=O) groups is 1. The molecule has 1 aromatic rings. The van der Waals surface area contributed by atoms with E-state index in [0.717, 1.165) is 12.8 Å². The lowest BCUT2D eigenvalue weighted by Crippen LogP contribution is -2.29. The van der Waals surface area contributed by atoms with Crippen LogP contribution in [0.1, 0.15) is 23.3 Å². The number of nitrogens with zero attached hydrogens (tertiary/aromatic N) is 2. The van der Waals surface area contributed by atoms with Crippen molar-refractivity contribution in [2.45, 2.75) is 18.9 Å². The molecule has 6 nitrogen and oxygen atoms in total. The van der Waals surface area contributed by atoms with E-state index in [0.29, 0.717) is 17.3 Å². The molecule has 0 spiro atoms. The van der Waals surface area contributed by atoms with E-state index in [1.165, 1.54) is 6.07 Å². The minimum atomic E-state index is -1.09. The first-order chi connectivity index (χ1) is 8.15. The Hall–Kier alpha value is -1.50. The number of carboxylic acids is 1. The summed E-state index contributed by atoms with van der Waals surface area (Å²) in [5.74, 6) is 0.890. The molecule has 7 heteroatoms. The third-order valence-corrected chi connectivity index (χ3v) is 4.01. The smallest absolute Gasteiger partial charge is 0.356 e. The van der Waals surface area contributed by atoms with Gasteiger partial charge in [-0.2, -0.15) is 0 Å². The Morgan fingerprint density at radius 1 is 1.35 bits per heavy atom. The number of hydrogen-bond donors (Lipinski definition) is 2. The van der Waals surface area contributed by atoms with Crippen molar-refractivity contribution in [2.75, 3.05) is 16.8 Å². The fourth-order valence-electron chi connectivity index (χ4n) is 1.67. The van der Waals surface area contributed by atoms with Crippen molar-refractivity contribution in [2.24, 2.45) is 0 Å². The maximum absolute atomic E-state index is 11.2. The second kappa shape index (κ2) is 5.22. The van der Waals surface area contributed by atoms with Crippen LogP contribution in [0.25, 0.3) is 0 Å². The van der Waals surface area contributed by atoms with Gasteiger partial charge in [-0.3, -0.25) is 4.21 Å². The van der Waals surface area contributed by atoms with Crippen LogP contribution >= 0.6 is 0 Å². The number of nitrogens with one attached hydrogen (secondary N) is 1. The lowest BCUT2D eigenvalue weighted by molar-refractivity contribution is 0.0689. The Morgan fingerprint density at radius 2 is 2.06 bits per heavy atom. The van der Waals surface area contributed by atoms with E-state index in [1.54, 1.807) is 6.07 Å². The number of hydrogen-bond acceptors (Lipinski definition) is 5. The van der Waals surface area contributed by atoms with Crippen LogP contribution in [0.4, 0.5) is 5.82 Å². The van der Waals surface area contributed by atoms with Crippen molar-refractivity contribution >= 4 is 22.6 Å². The number of aromatic carboxylic acids is 1. The van der Waals surface area contributed by atoms with Gasteiger partial charge in [-0.05, 0) is 25.0 Å². The third-order valence-electron chi connectivity index (χ3n) is 2.62. The van der Waals surface area contributed by atoms with Crippen molar-refractivity contribution in [1.82, 2.24) is 10.2 Å². The van der Waals surface area contributed by atoms with Crippen molar-refractivity contribution in [1.29, 1.82) is 0 Å². The monoisotopic (exact) mass is 255 g/mol. The molecule has 0 saturated carbocycles. The first-order valence-corrected chi connectivity index (χ1v) is 6.82. The summed E-state index contributed by atoms with van der Waals surface area (Å²) in [6.07, 6.45) is 1.68. The highest BCUT2D eigenvalue weighted by Crippen LogP contribution is 2.14. The second-order valence-corrected chi connectivity index (χ2v) is 5.57. The van der Waals surface area contributed by atoms with Crippen LogP contribution in [0.15, 0.2) is 12.1 Å². The molecule has 0 unspecified atom stereocenters. The molecule has 0 aromatic carbocycles. The van der Waals surface area contributed by atoms with Gasteiger partial charge in [0.2, 0.25) is 0 Å². The van der Waals surface area contributed by atoms with E-state index in [2.05, 4.69) is 15.5 Å². The van der Waals surface area contributed by atoms with Crippen LogP contribution in [-0.2, 0) is 10.8 Å². The zero-order valence-electron chi connectivity index (χ0n) is 9.13. The fraction of sp³-hybridized carbons (Fsp3) is 0.500. The van der Waals surface area contributed by atoms with Crippen LogP contribution in [0.5, 0.6) is 0 Å². The van der Waals surface area contributed by atoms with Crippen LogP contribution < -0.4 is 5.32 Å². The molecule has 17 heavy (non-hydrogen) atoms. The maximum Gasteiger partial charge on any atom is 0.356 e. The van der Waals surface area contributed by atoms with Gasteiger partial charge in [0, 0.05) is 28.3 Å². The summed E-state index contributed by atoms with van der Waals surface area (Å²) >= 11 is 0. The number of aromatic nitrogens is 2. The standard InChI is InChI=1S/C10H13N3O3S/c14-10(15)8-1-2-9(13-12-8)11-7-3-5-17(16)6-4-7/h1-2,7H,3-6H2,(H,11,13)(H,14,15). The second-order valence-electron chi connectivity index (χ2n) is 3.88. The van der Waals surface area contributed by atoms with E-state index < -0.39 is 16.8 Å². The predicted molar refractivity (Wildman–Crippen MR) is 63.5 cm³/mol. The molecule has 0 atom stereocenters. The number of carboxylic acid groups (broad SMARTS) is 1. The van der Waals surface area contributed by atoms with E-state index >= 15 is 0 Å². The Balaban J connectivity index is 1.95. The fourth-order valence-corrected chi connectivity index (χ4v) is 2.97. The van der Waals surface area contributed by atoms with E-state index in [9.17, 15) is 9.00 Å². The highest BCUT2D eigenvalue weighted by atomic mass is 32.2. The van der Waals surface area contributed by atoms with Crippen molar-refractivity contribution in [3.63, 3.8) is 0 Å². The molecule has 0 aliphatic carbocycles. The SMILES string of the molecule is O=C(O)c1ccc(NC2CCS(=O)CC2)nn1. The van der Waals surface area contributed by atoms with Crippen molar-refractivity contribution in [3.8, 4) is 0 Å². The molecule has 1 saturated heterocycles. The molecule has 0 amide bonds. The molecule has 0 bridgehead atoms. The number of anilines is 1. The van der Waals surface area contributed by atoms with Crippen LogP contribution in [0.2, 0.25) is 0 Å². The van der Waals surface area contributed by atoms with Gasteiger partial charge in [0.1, 0.15) is 5.82 Å².